The molecule has 0 radical (unpaired) electrons. The number of nitrogens with one attached hydrogen (secondary N) is 1. The van der Waals surface area contributed by atoms with Crippen molar-refractivity contribution in [2.75, 3.05) is 0 Å². The van der Waals surface area contributed by atoms with Crippen molar-refractivity contribution in [3.05, 3.63) is 70.6 Å². The molecule has 0 amide bonds. The van der Waals surface area contributed by atoms with Gasteiger partial charge in [0.15, 0.2) is 0 Å². The lowest BCUT2D eigenvalue weighted by Gasteiger charge is -2.09. The molecular formula is C18H16N2S. The molecule has 0 atom stereocenters. The molecule has 0 aliphatic carbocycles. The number of hydrogen-bond acceptors (Lipinski definition) is 2. The smallest absolute Gasteiger partial charge is 0.133 e. The molecular weight excluding hydrogens is 276 g/mol. The minimum atomic E-state index is 0.661. The van der Waals surface area contributed by atoms with Gasteiger partial charge in [-0.3, -0.25) is 0 Å². The molecule has 2 nitrogen and oxygen atoms in total. The van der Waals surface area contributed by atoms with E-state index in [0.717, 1.165) is 22.6 Å². The van der Waals surface area contributed by atoms with Crippen LogP contribution < -0.4 is 0 Å². The van der Waals surface area contributed by atoms with E-state index in [0.29, 0.717) is 4.64 Å². The third-order valence-corrected chi connectivity index (χ3v) is 3.95. The van der Waals surface area contributed by atoms with Gasteiger partial charge in [0.1, 0.15) is 10.5 Å². The van der Waals surface area contributed by atoms with E-state index < -0.39 is 0 Å². The number of aryl methyl sites for hydroxylation is 1. The quantitative estimate of drug-likeness (QED) is 0.666. The van der Waals surface area contributed by atoms with E-state index in [4.69, 9.17) is 12.2 Å². The highest BCUT2D eigenvalue weighted by atomic mass is 32.1. The molecule has 2 aromatic carbocycles. The first-order valence-corrected chi connectivity index (χ1v) is 7.29. The average Bonchev–Trinajstić information content (AvgIpc) is 2.52. The van der Waals surface area contributed by atoms with E-state index in [1.165, 1.54) is 11.1 Å². The monoisotopic (exact) mass is 292 g/mol. The van der Waals surface area contributed by atoms with Crippen LogP contribution in [0.15, 0.2) is 54.6 Å². The third kappa shape index (κ3) is 2.78. The first-order chi connectivity index (χ1) is 10.1. The molecule has 3 rings (SSSR count). The molecule has 0 fully saturated rings. The van der Waals surface area contributed by atoms with Crippen molar-refractivity contribution in [1.29, 1.82) is 0 Å². The molecule has 0 aliphatic rings. The predicted molar refractivity (Wildman–Crippen MR) is 89.8 cm³/mol. The van der Waals surface area contributed by atoms with Crippen LogP contribution in [-0.4, -0.2) is 9.97 Å². The van der Waals surface area contributed by atoms with Gasteiger partial charge in [-0.1, -0.05) is 66.8 Å². The zero-order valence-corrected chi connectivity index (χ0v) is 12.9. The Morgan fingerprint density at radius 1 is 0.810 bits per heavy atom. The summed E-state index contributed by atoms with van der Waals surface area (Å²) in [7, 11) is 0. The maximum atomic E-state index is 5.30. The van der Waals surface area contributed by atoms with Crippen LogP contribution in [-0.2, 0) is 0 Å². The van der Waals surface area contributed by atoms with Crippen molar-refractivity contribution in [1.82, 2.24) is 9.97 Å². The molecule has 0 saturated heterocycles. The van der Waals surface area contributed by atoms with E-state index in [1.807, 2.05) is 19.9 Å². The van der Waals surface area contributed by atoms with Gasteiger partial charge in [0.05, 0.1) is 5.69 Å². The Labute approximate surface area is 129 Å². The van der Waals surface area contributed by atoms with Crippen LogP contribution >= 0.6 is 12.2 Å². The zero-order valence-electron chi connectivity index (χ0n) is 12.1. The lowest BCUT2D eigenvalue weighted by Crippen LogP contribution is -1.96. The van der Waals surface area contributed by atoms with Crippen LogP contribution in [0.5, 0.6) is 0 Å². The number of rotatable bonds is 2. The van der Waals surface area contributed by atoms with Gasteiger partial charge >= 0.3 is 0 Å². The molecule has 3 heteroatoms. The Hall–Kier alpha value is -2.26. The molecule has 1 heterocycles. The van der Waals surface area contributed by atoms with Gasteiger partial charge < -0.3 is 4.98 Å². The predicted octanol–water partition coefficient (Wildman–Crippen LogP) is 5.09. The van der Waals surface area contributed by atoms with Crippen LogP contribution in [0.25, 0.3) is 22.4 Å². The van der Waals surface area contributed by atoms with Crippen LogP contribution in [0.4, 0.5) is 0 Å². The summed E-state index contributed by atoms with van der Waals surface area (Å²) in [5.41, 5.74) is 5.62. The summed E-state index contributed by atoms with van der Waals surface area (Å²) >= 11 is 5.30. The summed E-state index contributed by atoms with van der Waals surface area (Å²) < 4.78 is 0.661. The largest absolute Gasteiger partial charge is 0.343 e. The Balaban J connectivity index is 2.04. The highest BCUT2D eigenvalue weighted by molar-refractivity contribution is 7.71. The number of hydrogen-bond donors (Lipinski definition) is 1. The topological polar surface area (TPSA) is 28.7 Å². The zero-order chi connectivity index (χ0) is 14.8. The first kappa shape index (κ1) is 13.7. The summed E-state index contributed by atoms with van der Waals surface area (Å²) in [5.74, 6) is 0.840. The van der Waals surface area contributed by atoms with E-state index >= 15 is 0 Å². The SMILES string of the molecule is Cc1nc(=S)c(C)c(-c2ccc(-c3ccccc3)cc2)[nH]1. The van der Waals surface area contributed by atoms with Gasteiger partial charge in [-0.2, -0.15) is 0 Å². The summed E-state index contributed by atoms with van der Waals surface area (Å²) in [6.07, 6.45) is 0. The molecule has 104 valence electrons. The van der Waals surface area contributed by atoms with Gasteiger partial charge in [-0.25, -0.2) is 4.98 Å². The Morgan fingerprint density at radius 3 is 2.05 bits per heavy atom. The van der Waals surface area contributed by atoms with Gasteiger partial charge in [-0.05, 0) is 30.5 Å². The minimum Gasteiger partial charge on any atom is -0.343 e. The molecule has 0 saturated carbocycles. The van der Waals surface area contributed by atoms with Crippen LogP contribution in [0.3, 0.4) is 0 Å². The second-order valence-electron chi connectivity index (χ2n) is 5.07. The molecule has 3 aromatic rings. The van der Waals surface area contributed by atoms with Crippen molar-refractivity contribution in [3.63, 3.8) is 0 Å². The number of aromatic amines is 1. The second-order valence-corrected chi connectivity index (χ2v) is 5.46. The highest BCUT2D eigenvalue weighted by Gasteiger charge is 2.06. The maximum absolute atomic E-state index is 5.30. The second kappa shape index (κ2) is 5.62. The fourth-order valence-corrected chi connectivity index (χ4v) is 2.63. The van der Waals surface area contributed by atoms with Gasteiger partial charge in [0, 0.05) is 5.56 Å². The van der Waals surface area contributed by atoms with Crippen molar-refractivity contribution in [2.24, 2.45) is 0 Å². The maximum Gasteiger partial charge on any atom is 0.133 e. The third-order valence-electron chi connectivity index (χ3n) is 3.55. The highest BCUT2D eigenvalue weighted by Crippen LogP contribution is 2.25. The van der Waals surface area contributed by atoms with Crippen LogP contribution in [0.1, 0.15) is 11.4 Å². The van der Waals surface area contributed by atoms with Gasteiger partial charge in [-0.15, -0.1) is 0 Å². The van der Waals surface area contributed by atoms with Crippen LogP contribution in [0, 0.1) is 18.5 Å². The van der Waals surface area contributed by atoms with Crippen molar-refractivity contribution in [2.45, 2.75) is 13.8 Å². The lowest BCUT2D eigenvalue weighted by molar-refractivity contribution is 1.02. The summed E-state index contributed by atoms with van der Waals surface area (Å²) in [6.45, 7) is 3.93. The number of benzene rings is 2. The summed E-state index contributed by atoms with van der Waals surface area (Å²) in [6, 6.07) is 18.9. The molecule has 0 spiro atoms. The summed E-state index contributed by atoms with van der Waals surface area (Å²) in [4.78, 5) is 7.60. The van der Waals surface area contributed by atoms with Gasteiger partial charge in [0.25, 0.3) is 0 Å². The van der Waals surface area contributed by atoms with Crippen molar-refractivity contribution < 1.29 is 0 Å². The van der Waals surface area contributed by atoms with E-state index in [1.54, 1.807) is 0 Å². The normalized spacial score (nSPS) is 10.6. The van der Waals surface area contributed by atoms with Gasteiger partial charge in [0.2, 0.25) is 0 Å². The molecule has 21 heavy (non-hydrogen) atoms. The van der Waals surface area contributed by atoms with Crippen molar-refractivity contribution >= 4 is 12.2 Å². The number of H-pyrrole nitrogens is 1. The molecule has 0 bridgehead atoms. The van der Waals surface area contributed by atoms with Crippen molar-refractivity contribution in [3.8, 4) is 22.4 Å². The lowest BCUT2D eigenvalue weighted by atomic mass is 10.0. The molecule has 0 unspecified atom stereocenters. The number of nitrogens with zero attached hydrogens (tertiary/aromatic N) is 1. The summed E-state index contributed by atoms with van der Waals surface area (Å²) in [5, 5.41) is 0. The van der Waals surface area contributed by atoms with E-state index in [9.17, 15) is 0 Å². The number of aromatic nitrogens is 2. The molecule has 0 aliphatic heterocycles. The van der Waals surface area contributed by atoms with E-state index in [2.05, 4.69) is 58.5 Å². The molecule has 1 aromatic heterocycles. The average molecular weight is 292 g/mol. The van der Waals surface area contributed by atoms with E-state index in [-0.39, 0.29) is 0 Å². The fourth-order valence-electron chi connectivity index (χ4n) is 2.39. The minimum absolute atomic E-state index is 0.661. The Morgan fingerprint density at radius 2 is 1.38 bits per heavy atom. The molecule has 1 N–H and O–H groups in total. The standard InChI is InChI=1S/C18H16N2S/c1-12-17(19-13(2)20-18(12)21)16-10-8-15(9-11-16)14-6-4-3-5-7-14/h3-11H,1-2H3,(H,19,20,21). The van der Waals surface area contributed by atoms with Crippen LogP contribution in [0.2, 0.25) is 0 Å². The first-order valence-electron chi connectivity index (χ1n) is 6.88. The Bertz CT molecular complexity index is 818. The fraction of sp³-hybridized carbons (Fsp3) is 0.111. The Kier molecular flexibility index (Phi) is 3.67.